The first kappa shape index (κ1) is 18.1. The molecule has 6 nitrogen and oxygen atoms in total. The molecule has 28 heavy (non-hydrogen) atoms. The molecule has 0 atom stereocenters. The first-order valence-electron chi connectivity index (χ1n) is 8.72. The van der Waals surface area contributed by atoms with Gasteiger partial charge >= 0.3 is 0 Å². The second-order valence-corrected chi connectivity index (χ2v) is 7.09. The zero-order valence-electron chi connectivity index (χ0n) is 15.2. The van der Waals surface area contributed by atoms with E-state index in [1.807, 2.05) is 78.3 Å². The van der Waals surface area contributed by atoms with Gasteiger partial charge in [-0.25, -0.2) is 0 Å². The van der Waals surface area contributed by atoms with Crippen LogP contribution in [-0.4, -0.2) is 20.7 Å². The fraction of sp³-hybridized carbons (Fsp3) is 0.0952. The molecule has 0 unspecified atom stereocenters. The summed E-state index contributed by atoms with van der Waals surface area (Å²) in [5.41, 5.74) is 2.50. The molecule has 0 radical (unpaired) electrons. The molecular formula is C21H18N4O2S. The first-order chi connectivity index (χ1) is 13.7. The van der Waals surface area contributed by atoms with Crippen LogP contribution in [0.1, 0.15) is 15.9 Å². The van der Waals surface area contributed by atoms with Gasteiger partial charge in [0.15, 0.2) is 16.7 Å². The number of nitrogens with one attached hydrogen (secondary N) is 1. The predicted octanol–water partition coefficient (Wildman–Crippen LogP) is 4.62. The zero-order valence-corrected chi connectivity index (χ0v) is 16.0. The highest BCUT2D eigenvalue weighted by molar-refractivity contribution is 7.98. The van der Waals surface area contributed by atoms with Crippen LogP contribution in [0.15, 0.2) is 82.6 Å². The van der Waals surface area contributed by atoms with Crippen LogP contribution in [-0.2, 0) is 12.8 Å². The number of hydrogen-bond acceptors (Lipinski definition) is 5. The van der Waals surface area contributed by atoms with Crippen LogP contribution in [0.2, 0.25) is 0 Å². The van der Waals surface area contributed by atoms with Gasteiger partial charge < -0.3 is 14.3 Å². The molecule has 140 valence electrons. The quantitative estimate of drug-likeness (QED) is 0.486. The van der Waals surface area contributed by atoms with E-state index in [1.54, 1.807) is 18.0 Å². The largest absolute Gasteiger partial charge is 0.461 e. The van der Waals surface area contributed by atoms with Crippen molar-refractivity contribution in [1.29, 1.82) is 0 Å². The number of rotatable bonds is 6. The Morgan fingerprint density at radius 2 is 1.82 bits per heavy atom. The van der Waals surface area contributed by atoms with E-state index in [9.17, 15) is 4.79 Å². The van der Waals surface area contributed by atoms with Crippen molar-refractivity contribution in [3.05, 3.63) is 84.1 Å². The second-order valence-electron chi connectivity index (χ2n) is 6.15. The molecule has 0 aliphatic carbocycles. The van der Waals surface area contributed by atoms with Crippen LogP contribution in [0.25, 0.3) is 11.6 Å². The normalized spacial score (nSPS) is 10.8. The van der Waals surface area contributed by atoms with E-state index in [-0.39, 0.29) is 5.91 Å². The van der Waals surface area contributed by atoms with Gasteiger partial charge in [-0.15, -0.1) is 10.2 Å². The molecule has 0 aliphatic heterocycles. The molecule has 0 bridgehead atoms. The predicted molar refractivity (Wildman–Crippen MR) is 109 cm³/mol. The van der Waals surface area contributed by atoms with Crippen LogP contribution < -0.4 is 5.32 Å². The molecule has 0 saturated heterocycles. The van der Waals surface area contributed by atoms with Crippen molar-refractivity contribution < 1.29 is 9.21 Å². The number of anilines is 1. The fourth-order valence-electron chi connectivity index (χ4n) is 2.69. The molecule has 2 aromatic heterocycles. The van der Waals surface area contributed by atoms with Crippen LogP contribution in [0.5, 0.6) is 0 Å². The average molecular weight is 390 g/mol. The lowest BCUT2D eigenvalue weighted by Gasteiger charge is -2.06. The Kier molecular flexibility index (Phi) is 5.25. The summed E-state index contributed by atoms with van der Waals surface area (Å²) in [7, 11) is 1.91. The van der Waals surface area contributed by atoms with E-state index >= 15 is 0 Å². The Labute approximate surface area is 166 Å². The topological polar surface area (TPSA) is 73.0 Å². The van der Waals surface area contributed by atoms with Crippen molar-refractivity contribution in [3.8, 4) is 11.6 Å². The monoisotopic (exact) mass is 390 g/mol. The SMILES string of the molecule is Cn1c(SCc2ccc(C(=O)Nc3ccccc3)cc2)nnc1-c1ccco1. The summed E-state index contributed by atoms with van der Waals surface area (Å²) in [5.74, 6) is 1.99. The summed E-state index contributed by atoms with van der Waals surface area (Å²) >= 11 is 1.58. The molecule has 0 aliphatic rings. The van der Waals surface area contributed by atoms with Crippen LogP contribution in [0.3, 0.4) is 0 Å². The smallest absolute Gasteiger partial charge is 0.255 e. The molecule has 0 spiro atoms. The molecule has 0 fully saturated rings. The number of carbonyl (C=O) groups is 1. The Morgan fingerprint density at radius 3 is 2.54 bits per heavy atom. The van der Waals surface area contributed by atoms with E-state index in [0.29, 0.717) is 17.1 Å². The number of hydrogen-bond donors (Lipinski definition) is 1. The highest BCUT2D eigenvalue weighted by Crippen LogP contribution is 2.25. The van der Waals surface area contributed by atoms with Crippen LogP contribution in [0, 0.1) is 0 Å². The summed E-state index contributed by atoms with van der Waals surface area (Å²) in [4.78, 5) is 12.3. The molecule has 4 rings (SSSR count). The minimum Gasteiger partial charge on any atom is -0.461 e. The zero-order chi connectivity index (χ0) is 19.3. The maximum Gasteiger partial charge on any atom is 0.255 e. The van der Waals surface area contributed by atoms with Gasteiger partial charge in [0, 0.05) is 24.1 Å². The highest BCUT2D eigenvalue weighted by atomic mass is 32.2. The van der Waals surface area contributed by atoms with E-state index < -0.39 is 0 Å². The standard InChI is InChI=1S/C21H18N4O2S/c1-25-19(18-8-5-13-27-18)23-24-21(25)28-14-15-9-11-16(12-10-15)20(26)22-17-6-3-2-4-7-17/h2-13H,14H2,1H3,(H,22,26). The van der Waals surface area contributed by atoms with E-state index in [1.165, 1.54) is 0 Å². The summed E-state index contributed by atoms with van der Waals surface area (Å²) in [5, 5.41) is 12.1. The van der Waals surface area contributed by atoms with E-state index in [0.717, 1.165) is 22.2 Å². The number of carbonyl (C=O) groups excluding carboxylic acids is 1. The number of nitrogens with zero attached hydrogens (tertiary/aromatic N) is 3. The van der Waals surface area contributed by atoms with Gasteiger partial charge in [-0.1, -0.05) is 42.1 Å². The first-order valence-corrected chi connectivity index (χ1v) is 9.70. The minimum atomic E-state index is -0.123. The lowest BCUT2D eigenvalue weighted by atomic mass is 10.1. The molecule has 1 N–H and O–H groups in total. The Hall–Kier alpha value is -3.32. The van der Waals surface area contributed by atoms with Crippen molar-refractivity contribution in [2.24, 2.45) is 7.05 Å². The molecule has 4 aromatic rings. The average Bonchev–Trinajstić information content (AvgIpc) is 3.37. The number of aromatic nitrogens is 3. The summed E-state index contributed by atoms with van der Waals surface area (Å²) in [6.45, 7) is 0. The van der Waals surface area contributed by atoms with Gasteiger partial charge in [0.25, 0.3) is 5.91 Å². The lowest BCUT2D eigenvalue weighted by Crippen LogP contribution is -2.11. The van der Waals surface area contributed by atoms with Gasteiger partial charge in [0.05, 0.1) is 6.26 Å². The maximum absolute atomic E-state index is 12.3. The van der Waals surface area contributed by atoms with Crippen molar-refractivity contribution in [3.63, 3.8) is 0 Å². The summed E-state index contributed by atoms with van der Waals surface area (Å²) < 4.78 is 7.29. The minimum absolute atomic E-state index is 0.123. The lowest BCUT2D eigenvalue weighted by molar-refractivity contribution is 0.102. The van der Waals surface area contributed by atoms with Gasteiger partial charge in [0.1, 0.15) is 0 Å². The van der Waals surface area contributed by atoms with Crippen LogP contribution in [0.4, 0.5) is 5.69 Å². The number of thioether (sulfide) groups is 1. The van der Waals surface area contributed by atoms with Gasteiger partial charge in [0.2, 0.25) is 0 Å². The third-order valence-corrected chi connectivity index (χ3v) is 5.28. The number of para-hydroxylation sites is 1. The molecular weight excluding hydrogens is 372 g/mol. The fourth-order valence-corrected chi connectivity index (χ4v) is 3.55. The van der Waals surface area contributed by atoms with Crippen molar-refractivity contribution in [2.75, 3.05) is 5.32 Å². The molecule has 2 heterocycles. The molecule has 1 amide bonds. The van der Waals surface area contributed by atoms with Crippen molar-refractivity contribution in [2.45, 2.75) is 10.9 Å². The Bertz CT molecular complexity index is 1060. The van der Waals surface area contributed by atoms with Crippen LogP contribution >= 0.6 is 11.8 Å². The van der Waals surface area contributed by atoms with E-state index in [4.69, 9.17) is 4.42 Å². The Morgan fingerprint density at radius 1 is 1.04 bits per heavy atom. The van der Waals surface area contributed by atoms with Crippen molar-refractivity contribution in [1.82, 2.24) is 14.8 Å². The number of amides is 1. The van der Waals surface area contributed by atoms with Gasteiger partial charge in [-0.3, -0.25) is 4.79 Å². The number of benzene rings is 2. The molecule has 0 saturated carbocycles. The summed E-state index contributed by atoms with van der Waals surface area (Å²) in [6.07, 6.45) is 1.62. The Balaban J connectivity index is 1.38. The second kappa shape index (κ2) is 8.14. The maximum atomic E-state index is 12.3. The third kappa shape index (κ3) is 3.99. The van der Waals surface area contributed by atoms with Gasteiger partial charge in [-0.2, -0.15) is 0 Å². The molecule has 2 aromatic carbocycles. The summed E-state index contributed by atoms with van der Waals surface area (Å²) in [6, 6.07) is 20.7. The molecule has 7 heteroatoms. The van der Waals surface area contributed by atoms with Crippen molar-refractivity contribution >= 4 is 23.4 Å². The number of furan rings is 1. The van der Waals surface area contributed by atoms with Gasteiger partial charge in [-0.05, 0) is 42.0 Å². The van der Waals surface area contributed by atoms with E-state index in [2.05, 4.69) is 15.5 Å². The third-order valence-electron chi connectivity index (χ3n) is 4.19. The highest BCUT2D eigenvalue weighted by Gasteiger charge is 2.13.